The largest absolute Gasteiger partial charge is 0.359 e. The van der Waals surface area contributed by atoms with Gasteiger partial charge in [0, 0.05) is 11.6 Å². The van der Waals surface area contributed by atoms with Crippen LogP contribution in [0.4, 0.5) is 0 Å². The van der Waals surface area contributed by atoms with Crippen molar-refractivity contribution in [1.82, 2.24) is 10.6 Å². The molecule has 0 saturated carbocycles. The van der Waals surface area contributed by atoms with Gasteiger partial charge in [0.05, 0.1) is 11.5 Å². The van der Waals surface area contributed by atoms with Gasteiger partial charge in [-0.05, 0) is 37.2 Å². The summed E-state index contributed by atoms with van der Waals surface area (Å²) in [7, 11) is -2.96. The van der Waals surface area contributed by atoms with Gasteiger partial charge in [0.2, 0.25) is 0 Å². The quantitative estimate of drug-likeness (QED) is 0.790. The van der Waals surface area contributed by atoms with Gasteiger partial charge in [-0.1, -0.05) is 18.2 Å². The van der Waals surface area contributed by atoms with Crippen molar-refractivity contribution in [2.45, 2.75) is 19.4 Å². The fraction of sp³-hybridized carbons (Fsp3) is 0.385. The van der Waals surface area contributed by atoms with E-state index in [0.29, 0.717) is 12.0 Å². The summed E-state index contributed by atoms with van der Waals surface area (Å²) in [5.41, 5.74) is 1.41. The summed E-state index contributed by atoms with van der Waals surface area (Å²) >= 11 is 5.05. The van der Waals surface area contributed by atoms with Crippen molar-refractivity contribution in [2.24, 2.45) is 0 Å². The van der Waals surface area contributed by atoms with Crippen molar-refractivity contribution >= 4 is 33.1 Å². The van der Waals surface area contributed by atoms with Gasteiger partial charge in [-0.15, -0.1) is 0 Å². The molecule has 0 aromatic heterocycles. The number of hydrogen-bond donors (Lipinski definition) is 2. The number of sulfone groups is 1. The molecule has 2 N–H and O–H groups in total. The molecule has 2 rings (SSSR count). The summed E-state index contributed by atoms with van der Waals surface area (Å²) in [4.78, 5) is 12.0. The molecule has 1 saturated heterocycles. The Bertz CT molecular complexity index is 641. The Morgan fingerprint density at radius 1 is 1.35 bits per heavy atom. The summed E-state index contributed by atoms with van der Waals surface area (Å²) in [6.45, 7) is 1.84. The molecule has 0 radical (unpaired) electrons. The van der Waals surface area contributed by atoms with Gasteiger partial charge >= 0.3 is 0 Å². The minimum Gasteiger partial charge on any atom is -0.359 e. The number of carbonyl (C=O) groups is 1. The molecule has 5 nitrogen and oxygen atoms in total. The molecule has 0 bridgehead atoms. The lowest BCUT2D eigenvalue weighted by atomic mass is 10.1. The van der Waals surface area contributed by atoms with Gasteiger partial charge < -0.3 is 5.32 Å². The number of aryl methyl sites for hydroxylation is 1. The Kier molecular flexibility index (Phi) is 4.39. The summed E-state index contributed by atoms with van der Waals surface area (Å²) in [5.74, 6) is -0.0618. The molecule has 1 aliphatic heterocycles. The van der Waals surface area contributed by atoms with Crippen molar-refractivity contribution < 1.29 is 13.2 Å². The van der Waals surface area contributed by atoms with E-state index < -0.39 is 9.84 Å². The third kappa shape index (κ3) is 3.77. The molecule has 1 aromatic rings. The molecule has 20 heavy (non-hydrogen) atoms. The predicted molar refractivity (Wildman–Crippen MR) is 81.4 cm³/mol. The lowest BCUT2D eigenvalue weighted by Crippen LogP contribution is -2.44. The van der Waals surface area contributed by atoms with E-state index in [1.54, 1.807) is 12.1 Å². The van der Waals surface area contributed by atoms with Crippen LogP contribution in [0.1, 0.15) is 22.3 Å². The van der Waals surface area contributed by atoms with Crippen LogP contribution in [0.25, 0.3) is 0 Å². The zero-order chi connectivity index (χ0) is 14.8. The Morgan fingerprint density at radius 3 is 2.65 bits per heavy atom. The molecule has 0 spiro atoms. The maximum Gasteiger partial charge on any atom is 0.257 e. The maximum absolute atomic E-state index is 12.0. The first-order valence-electron chi connectivity index (χ1n) is 6.25. The molecule has 1 fully saturated rings. The van der Waals surface area contributed by atoms with Gasteiger partial charge in [-0.25, -0.2) is 8.42 Å². The number of hydrogen-bond acceptors (Lipinski definition) is 4. The van der Waals surface area contributed by atoms with Crippen molar-refractivity contribution in [1.29, 1.82) is 0 Å². The normalized spacial score (nSPS) is 20.4. The van der Waals surface area contributed by atoms with Crippen LogP contribution in [0.3, 0.4) is 0 Å². The summed E-state index contributed by atoms with van der Waals surface area (Å²) in [5, 5.41) is 5.62. The van der Waals surface area contributed by atoms with Crippen LogP contribution >= 0.6 is 12.2 Å². The maximum atomic E-state index is 12.0. The molecule has 7 heteroatoms. The van der Waals surface area contributed by atoms with Crippen LogP contribution in [0, 0.1) is 6.92 Å². The van der Waals surface area contributed by atoms with Gasteiger partial charge in [0.25, 0.3) is 5.91 Å². The molecule has 1 amide bonds. The van der Waals surface area contributed by atoms with Crippen molar-refractivity contribution in [3.05, 3.63) is 35.4 Å². The molecular formula is C13H16N2O3S2. The van der Waals surface area contributed by atoms with Gasteiger partial charge in [-0.2, -0.15) is 0 Å². The van der Waals surface area contributed by atoms with Crippen LogP contribution in [0.15, 0.2) is 24.3 Å². The number of carbonyl (C=O) groups excluding carboxylic acids is 1. The highest BCUT2D eigenvalue weighted by Crippen LogP contribution is 2.11. The van der Waals surface area contributed by atoms with Gasteiger partial charge in [0.1, 0.15) is 0 Å². The number of rotatable bonds is 2. The second kappa shape index (κ2) is 5.88. The topological polar surface area (TPSA) is 75.3 Å². The van der Waals surface area contributed by atoms with E-state index in [9.17, 15) is 13.2 Å². The Balaban J connectivity index is 1.92. The Labute approximate surface area is 123 Å². The van der Waals surface area contributed by atoms with E-state index in [0.717, 1.165) is 5.56 Å². The standard InChI is InChI=1S/C13H16N2O3S2/c1-9-4-2-3-5-11(9)12(16)15-13(19)14-10-6-7-20(17,18)8-10/h2-5,10H,6-8H2,1H3,(H2,14,15,16,19)/t10-/m0/s1. The molecule has 1 heterocycles. The zero-order valence-electron chi connectivity index (χ0n) is 11.0. The third-order valence-electron chi connectivity index (χ3n) is 3.18. The van der Waals surface area contributed by atoms with Crippen LogP contribution in [-0.4, -0.2) is 37.0 Å². The molecule has 0 unspecified atom stereocenters. The number of nitrogens with one attached hydrogen (secondary N) is 2. The van der Waals surface area contributed by atoms with E-state index in [2.05, 4.69) is 10.6 Å². The fourth-order valence-corrected chi connectivity index (χ4v) is 4.06. The molecule has 108 valence electrons. The summed E-state index contributed by atoms with van der Waals surface area (Å²) < 4.78 is 22.7. The van der Waals surface area contributed by atoms with Crippen LogP contribution in [0.2, 0.25) is 0 Å². The zero-order valence-corrected chi connectivity index (χ0v) is 12.7. The number of amides is 1. The van der Waals surface area contributed by atoms with E-state index in [1.165, 1.54) is 0 Å². The Morgan fingerprint density at radius 2 is 2.05 bits per heavy atom. The van der Waals surface area contributed by atoms with Crippen LogP contribution in [-0.2, 0) is 9.84 Å². The average molecular weight is 312 g/mol. The minimum absolute atomic E-state index is 0.0629. The fourth-order valence-electron chi connectivity index (χ4n) is 2.13. The second-order valence-corrected chi connectivity index (χ2v) is 7.48. The molecule has 0 aliphatic carbocycles. The van der Waals surface area contributed by atoms with Crippen molar-refractivity contribution in [2.75, 3.05) is 11.5 Å². The lowest BCUT2D eigenvalue weighted by molar-refractivity contribution is 0.0976. The number of thiocarbonyl (C=S) groups is 1. The van der Waals surface area contributed by atoms with Crippen LogP contribution < -0.4 is 10.6 Å². The molecule has 1 aromatic carbocycles. The lowest BCUT2D eigenvalue weighted by Gasteiger charge is -2.14. The monoisotopic (exact) mass is 312 g/mol. The van der Waals surface area contributed by atoms with E-state index in [4.69, 9.17) is 12.2 Å². The molecular weight excluding hydrogens is 296 g/mol. The highest BCUT2D eigenvalue weighted by atomic mass is 32.2. The summed E-state index contributed by atoms with van der Waals surface area (Å²) in [6, 6.07) is 6.97. The first-order chi connectivity index (χ1) is 9.37. The van der Waals surface area contributed by atoms with Gasteiger partial charge in [-0.3, -0.25) is 10.1 Å². The van der Waals surface area contributed by atoms with Crippen molar-refractivity contribution in [3.63, 3.8) is 0 Å². The first kappa shape index (κ1) is 14.9. The smallest absolute Gasteiger partial charge is 0.257 e. The Hall–Kier alpha value is -1.47. The number of benzene rings is 1. The second-order valence-electron chi connectivity index (χ2n) is 4.84. The van der Waals surface area contributed by atoms with E-state index in [1.807, 2.05) is 19.1 Å². The third-order valence-corrected chi connectivity index (χ3v) is 5.17. The highest BCUT2D eigenvalue weighted by Gasteiger charge is 2.28. The minimum atomic E-state index is -2.96. The van der Waals surface area contributed by atoms with E-state index in [-0.39, 0.29) is 28.6 Å². The van der Waals surface area contributed by atoms with Crippen molar-refractivity contribution in [3.8, 4) is 0 Å². The first-order valence-corrected chi connectivity index (χ1v) is 8.48. The van der Waals surface area contributed by atoms with Gasteiger partial charge in [0.15, 0.2) is 14.9 Å². The average Bonchev–Trinajstić information content (AvgIpc) is 2.68. The highest BCUT2D eigenvalue weighted by molar-refractivity contribution is 7.91. The van der Waals surface area contributed by atoms with Crippen LogP contribution in [0.5, 0.6) is 0 Å². The SMILES string of the molecule is Cc1ccccc1C(=O)NC(=S)N[C@H]1CCS(=O)(=O)C1. The molecule has 1 atom stereocenters. The predicted octanol–water partition coefficient (Wildman–Crippen LogP) is 0.786. The summed E-state index contributed by atoms with van der Waals surface area (Å²) in [6.07, 6.45) is 0.517. The van der Waals surface area contributed by atoms with E-state index >= 15 is 0 Å². The molecule has 1 aliphatic rings.